The second-order valence-corrected chi connectivity index (χ2v) is 7.93. The third kappa shape index (κ3) is 3.88. The molecular formula is C20H17N3O3S2. The summed E-state index contributed by atoms with van der Waals surface area (Å²) in [5.74, 6) is 0.767. The lowest BCUT2D eigenvalue weighted by atomic mass is 10.2. The molecule has 0 aliphatic carbocycles. The number of para-hydroxylation sites is 1. The number of thioether (sulfide) groups is 1. The highest BCUT2D eigenvalue weighted by Gasteiger charge is 2.26. The maximum absolute atomic E-state index is 12.5. The summed E-state index contributed by atoms with van der Waals surface area (Å²) < 4.78 is 5.16. The van der Waals surface area contributed by atoms with Crippen molar-refractivity contribution in [3.05, 3.63) is 53.9 Å². The van der Waals surface area contributed by atoms with E-state index in [9.17, 15) is 9.59 Å². The van der Waals surface area contributed by atoms with E-state index < -0.39 is 0 Å². The summed E-state index contributed by atoms with van der Waals surface area (Å²) in [6.45, 7) is -0.0339. The Balaban J connectivity index is 1.44. The van der Waals surface area contributed by atoms with Crippen molar-refractivity contribution in [2.24, 2.45) is 0 Å². The van der Waals surface area contributed by atoms with Gasteiger partial charge >= 0.3 is 0 Å². The zero-order chi connectivity index (χ0) is 19.5. The van der Waals surface area contributed by atoms with E-state index in [1.54, 1.807) is 7.11 Å². The van der Waals surface area contributed by atoms with Crippen molar-refractivity contribution in [2.45, 2.75) is 4.90 Å². The molecule has 8 heteroatoms. The molecule has 1 N–H and O–H groups in total. The summed E-state index contributed by atoms with van der Waals surface area (Å²) in [6.07, 6.45) is 0. The van der Waals surface area contributed by atoms with Crippen LogP contribution in [-0.4, -0.2) is 36.2 Å². The fourth-order valence-corrected chi connectivity index (χ4v) is 4.53. The number of aromatic nitrogens is 1. The molecule has 0 unspecified atom stereocenters. The van der Waals surface area contributed by atoms with Gasteiger partial charge < -0.3 is 15.0 Å². The first-order valence-electron chi connectivity index (χ1n) is 8.56. The molecule has 4 rings (SSSR count). The zero-order valence-electron chi connectivity index (χ0n) is 15.0. The third-order valence-corrected chi connectivity index (χ3v) is 6.05. The molecule has 2 amide bonds. The number of hydrogen-bond acceptors (Lipinski definition) is 6. The molecule has 1 aromatic heterocycles. The molecule has 0 saturated heterocycles. The Kier molecular flexibility index (Phi) is 5.31. The number of hydrogen-bond donors (Lipinski definition) is 1. The number of benzene rings is 2. The first-order valence-corrected chi connectivity index (χ1v) is 10.4. The van der Waals surface area contributed by atoms with Crippen molar-refractivity contribution >= 4 is 45.7 Å². The first kappa shape index (κ1) is 18.5. The van der Waals surface area contributed by atoms with Gasteiger partial charge in [-0.3, -0.25) is 9.59 Å². The van der Waals surface area contributed by atoms with Gasteiger partial charge in [-0.2, -0.15) is 0 Å². The fourth-order valence-electron chi connectivity index (χ4n) is 2.86. The predicted molar refractivity (Wildman–Crippen MR) is 112 cm³/mol. The van der Waals surface area contributed by atoms with E-state index in [4.69, 9.17) is 4.74 Å². The van der Waals surface area contributed by atoms with Crippen molar-refractivity contribution in [1.82, 2.24) is 4.98 Å². The Labute approximate surface area is 170 Å². The molecule has 1 aliphatic heterocycles. The van der Waals surface area contributed by atoms with Gasteiger partial charge in [0.15, 0.2) is 5.13 Å². The molecule has 0 bridgehead atoms. The average Bonchev–Trinajstić information content (AvgIpc) is 3.18. The van der Waals surface area contributed by atoms with Gasteiger partial charge in [-0.1, -0.05) is 12.1 Å². The molecule has 2 heterocycles. The van der Waals surface area contributed by atoms with Crippen LogP contribution in [-0.2, 0) is 9.59 Å². The Hall–Kier alpha value is -2.84. The first-order chi connectivity index (χ1) is 13.6. The van der Waals surface area contributed by atoms with Crippen molar-refractivity contribution < 1.29 is 14.3 Å². The van der Waals surface area contributed by atoms with Crippen LogP contribution in [0.1, 0.15) is 0 Å². The number of fused-ring (bicyclic) bond motifs is 1. The van der Waals surface area contributed by atoms with E-state index in [0.717, 1.165) is 27.6 Å². The summed E-state index contributed by atoms with van der Waals surface area (Å²) in [5.41, 5.74) is 2.49. The fraction of sp³-hybridized carbons (Fsp3) is 0.150. The second-order valence-electron chi connectivity index (χ2n) is 6.05. The van der Waals surface area contributed by atoms with Crippen molar-refractivity contribution in [3.8, 4) is 17.0 Å². The Bertz CT molecular complexity index is 1020. The van der Waals surface area contributed by atoms with E-state index in [2.05, 4.69) is 10.3 Å². The van der Waals surface area contributed by atoms with Gasteiger partial charge in [-0.25, -0.2) is 4.98 Å². The number of nitrogens with zero attached hydrogens (tertiary/aromatic N) is 2. The van der Waals surface area contributed by atoms with Crippen LogP contribution >= 0.6 is 23.1 Å². The standard InChI is InChI=1S/C20H17N3O3S2/c1-26-14-8-6-13(7-9-14)15-11-28-20(21-15)22-18(24)10-23-16-4-2-3-5-17(16)27-12-19(23)25/h2-9,11H,10,12H2,1H3,(H,21,22,24). The Morgan fingerprint density at radius 2 is 2.00 bits per heavy atom. The topological polar surface area (TPSA) is 71.5 Å². The summed E-state index contributed by atoms with van der Waals surface area (Å²) in [4.78, 5) is 31.8. The Morgan fingerprint density at radius 1 is 1.21 bits per heavy atom. The largest absolute Gasteiger partial charge is 0.497 e. The molecule has 2 aromatic carbocycles. The SMILES string of the molecule is COc1ccc(-c2csc(NC(=O)CN3C(=O)CSc4ccccc43)n2)cc1. The van der Waals surface area contributed by atoms with Crippen LogP contribution in [0.15, 0.2) is 58.8 Å². The normalized spacial score (nSPS) is 13.2. The number of nitrogens with one attached hydrogen (secondary N) is 1. The molecule has 0 atom stereocenters. The van der Waals surface area contributed by atoms with Gasteiger partial charge in [0.2, 0.25) is 11.8 Å². The van der Waals surface area contributed by atoms with Gasteiger partial charge in [0.1, 0.15) is 12.3 Å². The van der Waals surface area contributed by atoms with Crippen molar-refractivity contribution in [1.29, 1.82) is 0 Å². The maximum Gasteiger partial charge on any atom is 0.246 e. The van der Waals surface area contributed by atoms with Gasteiger partial charge in [0.25, 0.3) is 0 Å². The van der Waals surface area contributed by atoms with Gasteiger partial charge in [-0.15, -0.1) is 23.1 Å². The van der Waals surface area contributed by atoms with Crippen LogP contribution in [0, 0.1) is 0 Å². The van der Waals surface area contributed by atoms with Crippen molar-refractivity contribution in [3.63, 3.8) is 0 Å². The van der Waals surface area contributed by atoms with E-state index in [1.165, 1.54) is 28.0 Å². The summed E-state index contributed by atoms with van der Waals surface area (Å²) in [7, 11) is 1.62. The molecule has 0 spiro atoms. The lowest BCUT2D eigenvalue weighted by molar-refractivity contribution is -0.120. The minimum atomic E-state index is -0.273. The zero-order valence-corrected chi connectivity index (χ0v) is 16.7. The Morgan fingerprint density at radius 3 is 2.79 bits per heavy atom. The number of ether oxygens (including phenoxy) is 1. The quantitative estimate of drug-likeness (QED) is 0.690. The highest BCUT2D eigenvalue weighted by atomic mass is 32.2. The third-order valence-electron chi connectivity index (χ3n) is 4.25. The van der Waals surface area contributed by atoms with E-state index in [1.807, 2.05) is 53.9 Å². The van der Waals surface area contributed by atoms with Crippen LogP contribution in [0.2, 0.25) is 0 Å². The monoisotopic (exact) mass is 411 g/mol. The van der Waals surface area contributed by atoms with Gasteiger partial charge in [0.05, 0.1) is 24.2 Å². The highest BCUT2D eigenvalue weighted by molar-refractivity contribution is 8.00. The number of carbonyl (C=O) groups is 2. The summed E-state index contributed by atoms with van der Waals surface area (Å²) in [5, 5.41) is 5.18. The average molecular weight is 412 g/mol. The molecule has 6 nitrogen and oxygen atoms in total. The number of anilines is 2. The number of rotatable bonds is 5. The van der Waals surface area contributed by atoms with Crippen LogP contribution in [0.3, 0.4) is 0 Å². The van der Waals surface area contributed by atoms with Crippen LogP contribution in [0.5, 0.6) is 5.75 Å². The van der Waals surface area contributed by atoms with Crippen LogP contribution < -0.4 is 15.0 Å². The van der Waals surface area contributed by atoms with Crippen LogP contribution in [0.4, 0.5) is 10.8 Å². The number of thiazole rings is 1. The molecule has 142 valence electrons. The minimum absolute atomic E-state index is 0.0339. The number of amides is 2. The van der Waals surface area contributed by atoms with E-state index >= 15 is 0 Å². The molecule has 0 radical (unpaired) electrons. The van der Waals surface area contributed by atoms with E-state index in [-0.39, 0.29) is 18.4 Å². The molecule has 1 aliphatic rings. The minimum Gasteiger partial charge on any atom is -0.497 e. The van der Waals surface area contributed by atoms with Crippen LogP contribution in [0.25, 0.3) is 11.3 Å². The van der Waals surface area contributed by atoms with Gasteiger partial charge in [0, 0.05) is 15.8 Å². The molecule has 28 heavy (non-hydrogen) atoms. The second kappa shape index (κ2) is 8.04. The van der Waals surface area contributed by atoms with Crippen molar-refractivity contribution in [2.75, 3.05) is 29.6 Å². The molecule has 0 fully saturated rings. The maximum atomic E-state index is 12.5. The predicted octanol–water partition coefficient (Wildman–Crippen LogP) is 3.90. The lowest BCUT2D eigenvalue weighted by Gasteiger charge is -2.28. The molecular weight excluding hydrogens is 394 g/mol. The highest BCUT2D eigenvalue weighted by Crippen LogP contribution is 2.34. The summed E-state index contributed by atoms with van der Waals surface area (Å²) in [6, 6.07) is 15.2. The lowest BCUT2D eigenvalue weighted by Crippen LogP contribution is -2.41. The number of methoxy groups -OCH3 is 1. The molecule has 3 aromatic rings. The van der Waals surface area contributed by atoms with Gasteiger partial charge in [-0.05, 0) is 36.4 Å². The smallest absolute Gasteiger partial charge is 0.246 e. The number of carbonyl (C=O) groups excluding carboxylic acids is 2. The molecule has 0 saturated carbocycles. The summed E-state index contributed by atoms with van der Waals surface area (Å²) >= 11 is 2.84. The van der Waals surface area contributed by atoms with E-state index in [0.29, 0.717) is 10.9 Å².